The lowest BCUT2D eigenvalue weighted by molar-refractivity contribution is -0.113. The number of hydrogen-bond donors (Lipinski definition) is 2. The van der Waals surface area contributed by atoms with Crippen LogP contribution in [-0.2, 0) is 4.79 Å². The highest BCUT2D eigenvalue weighted by molar-refractivity contribution is 8.01. The highest BCUT2D eigenvalue weighted by Crippen LogP contribution is 2.28. The second kappa shape index (κ2) is 8.28. The van der Waals surface area contributed by atoms with Crippen molar-refractivity contribution in [2.75, 3.05) is 16.4 Å². The Hall–Kier alpha value is -2.16. The van der Waals surface area contributed by atoms with E-state index in [0.29, 0.717) is 15.2 Å². The Kier molecular flexibility index (Phi) is 5.85. The smallest absolute Gasteiger partial charge is 0.234 e. The number of nitrogens with zero attached hydrogens (tertiary/aromatic N) is 2. The van der Waals surface area contributed by atoms with Crippen molar-refractivity contribution in [1.29, 1.82) is 0 Å². The standard InChI is InChI=1S/C16H12ClFN4OS2/c17-12-8-10(18)6-7-13(12)20-14(23)9-24-16-22-21-15(25-16)19-11-4-2-1-3-5-11/h1-8H,9H2,(H,19,21)(H,20,23). The van der Waals surface area contributed by atoms with E-state index in [0.717, 1.165) is 11.8 Å². The number of rotatable bonds is 6. The average molecular weight is 395 g/mol. The minimum absolute atomic E-state index is 0.147. The Balaban J connectivity index is 1.52. The number of carbonyl (C=O) groups excluding carboxylic acids is 1. The Morgan fingerprint density at radius 1 is 1.20 bits per heavy atom. The van der Waals surface area contributed by atoms with Gasteiger partial charge in [-0.05, 0) is 30.3 Å². The second-order valence-corrected chi connectivity index (χ2v) is 7.43. The lowest BCUT2D eigenvalue weighted by atomic mass is 10.3. The van der Waals surface area contributed by atoms with Crippen molar-refractivity contribution in [2.45, 2.75) is 4.34 Å². The van der Waals surface area contributed by atoms with Gasteiger partial charge in [-0.1, -0.05) is 52.9 Å². The van der Waals surface area contributed by atoms with Gasteiger partial charge in [0.05, 0.1) is 16.5 Å². The highest BCUT2D eigenvalue weighted by Gasteiger charge is 2.10. The van der Waals surface area contributed by atoms with Crippen LogP contribution in [0.1, 0.15) is 0 Å². The minimum atomic E-state index is -0.454. The molecule has 0 atom stereocenters. The highest BCUT2D eigenvalue weighted by atomic mass is 35.5. The molecular weight excluding hydrogens is 383 g/mol. The molecule has 0 radical (unpaired) electrons. The number of hydrogen-bond acceptors (Lipinski definition) is 6. The molecule has 0 aliphatic carbocycles. The molecule has 0 aliphatic rings. The first-order valence-electron chi connectivity index (χ1n) is 7.13. The predicted octanol–water partition coefficient (Wildman–Crippen LogP) is 4.81. The van der Waals surface area contributed by atoms with E-state index in [1.165, 1.54) is 35.2 Å². The zero-order valence-corrected chi connectivity index (χ0v) is 15.1. The summed E-state index contributed by atoms with van der Waals surface area (Å²) in [7, 11) is 0. The van der Waals surface area contributed by atoms with Crippen molar-refractivity contribution in [1.82, 2.24) is 10.2 Å². The number of carbonyl (C=O) groups is 1. The molecule has 1 heterocycles. The monoisotopic (exact) mass is 394 g/mol. The summed E-state index contributed by atoms with van der Waals surface area (Å²) in [6, 6.07) is 13.4. The molecule has 128 valence electrons. The summed E-state index contributed by atoms with van der Waals surface area (Å²) in [6.07, 6.45) is 0. The molecule has 2 aromatic carbocycles. The van der Waals surface area contributed by atoms with Crippen LogP contribution in [0.4, 0.5) is 20.9 Å². The maximum atomic E-state index is 13.0. The molecule has 5 nitrogen and oxygen atoms in total. The van der Waals surface area contributed by atoms with Gasteiger partial charge in [0.2, 0.25) is 11.0 Å². The lowest BCUT2D eigenvalue weighted by Gasteiger charge is -2.06. The summed E-state index contributed by atoms with van der Waals surface area (Å²) in [5.74, 6) is -0.566. The third kappa shape index (κ3) is 5.15. The number of para-hydroxylation sites is 1. The number of benzene rings is 2. The van der Waals surface area contributed by atoms with E-state index < -0.39 is 5.82 Å². The quantitative estimate of drug-likeness (QED) is 0.587. The molecule has 0 saturated heterocycles. The summed E-state index contributed by atoms with van der Waals surface area (Å²) < 4.78 is 13.7. The number of halogens is 2. The van der Waals surface area contributed by atoms with Crippen LogP contribution in [0.5, 0.6) is 0 Å². The second-order valence-electron chi connectivity index (χ2n) is 4.83. The van der Waals surface area contributed by atoms with Crippen LogP contribution in [0.3, 0.4) is 0 Å². The summed E-state index contributed by atoms with van der Waals surface area (Å²) in [5, 5.41) is 14.7. The van der Waals surface area contributed by atoms with Crippen LogP contribution in [0.25, 0.3) is 0 Å². The number of nitrogens with one attached hydrogen (secondary N) is 2. The van der Waals surface area contributed by atoms with Gasteiger partial charge in [-0.2, -0.15) is 0 Å². The van der Waals surface area contributed by atoms with Crippen LogP contribution in [0, 0.1) is 5.82 Å². The molecule has 1 aromatic heterocycles. The summed E-state index contributed by atoms with van der Waals surface area (Å²) in [6.45, 7) is 0. The van der Waals surface area contributed by atoms with E-state index >= 15 is 0 Å². The van der Waals surface area contributed by atoms with E-state index in [1.54, 1.807) is 0 Å². The zero-order chi connectivity index (χ0) is 17.6. The Morgan fingerprint density at radius 2 is 2.00 bits per heavy atom. The molecule has 3 rings (SSSR count). The van der Waals surface area contributed by atoms with E-state index in [9.17, 15) is 9.18 Å². The fraction of sp³-hybridized carbons (Fsp3) is 0.0625. The fourth-order valence-electron chi connectivity index (χ4n) is 1.87. The van der Waals surface area contributed by atoms with Crippen LogP contribution in [0.2, 0.25) is 5.02 Å². The molecule has 0 saturated carbocycles. The normalized spacial score (nSPS) is 10.5. The van der Waals surface area contributed by atoms with Crippen molar-refractivity contribution in [2.24, 2.45) is 0 Å². The molecule has 0 bridgehead atoms. The number of amides is 1. The van der Waals surface area contributed by atoms with E-state index in [4.69, 9.17) is 11.6 Å². The number of thioether (sulfide) groups is 1. The van der Waals surface area contributed by atoms with Crippen molar-refractivity contribution in [3.8, 4) is 0 Å². The van der Waals surface area contributed by atoms with E-state index in [2.05, 4.69) is 20.8 Å². The van der Waals surface area contributed by atoms with Crippen molar-refractivity contribution < 1.29 is 9.18 Å². The number of anilines is 3. The van der Waals surface area contributed by atoms with Crippen molar-refractivity contribution in [3.63, 3.8) is 0 Å². The van der Waals surface area contributed by atoms with Gasteiger partial charge >= 0.3 is 0 Å². The Labute approximate surface area is 156 Å². The lowest BCUT2D eigenvalue weighted by Crippen LogP contribution is -2.14. The third-order valence-corrected chi connectivity index (χ3v) is 5.25. The first-order valence-corrected chi connectivity index (χ1v) is 9.31. The van der Waals surface area contributed by atoms with Gasteiger partial charge in [-0.15, -0.1) is 10.2 Å². The van der Waals surface area contributed by atoms with Gasteiger partial charge in [0.15, 0.2) is 4.34 Å². The van der Waals surface area contributed by atoms with Crippen molar-refractivity contribution in [3.05, 3.63) is 59.4 Å². The molecule has 1 amide bonds. The van der Waals surface area contributed by atoms with Crippen LogP contribution in [-0.4, -0.2) is 21.9 Å². The SMILES string of the molecule is O=C(CSc1nnc(Nc2ccccc2)s1)Nc1ccc(F)cc1Cl. The molecule has 3 aromatic rings. The van der Waals surface area contributed by atoms with Gasteiger partial charge in [0, 0.05) is 5.69 Å². The number of aromatic nitrogens is 2. The molecule has 0 fully saturated rings. The molecule has 9 heteroatoms. The molecular formula is C16H12ClFN4OS2. The van der Waals surface area contributed by atoms with Crippen molar-refractivity contribution >= 4 is 57.1 Å². The van der Waals surface area contributed by atoms with Gasteiger partial charge in [0.25, 0.3) is 0 Å². The van der Waals surface area contributed by atoms with Gasteiger partial charge < -0.3 is 10.6 Å². The predicted molar refractivity (Wildman–Crippen MR) is 100 cm³/mol. The molecule has 25 heavy (non-hydrogen) atoms. The molecule has 0 spiro atoms. The third-order valence-electron chi connectivity index (χ3n) is 2.96. The molecule has 0 aliphatic heterocycles. The molecule has 2 N–H and O–H groups in total. The first-order chi connectivity index (χ1) is 12.1. The maximum absolute atomic E-state index is 13.0. The zero-order valence-electron chi connectivity index (χ0n) is 12.7. The average Bonchev–Trinajstić information content (AvgIpc) is 3.04. The molecule has 0 unspecified atom stereocenters. The van der Waals surface area contributed by atoms with Gasteiger partial charge in [0.1, 0.15) is 5.82 Å². The maximum Gasteiger partial charge on any atom is 0.234 e. The largest absolute Gasteiger partial charge is 0.330 e. The van der Waals surface area contributed by atoms with Crippen LogP contribution >= 0.6 is 34.7 Å². The summed E-state index contributed by atoms with van der Waals surface area (Å²) in [5.41, 5.74) is 1.29. The summed E-state index contributed by atoms with van der Waals surface area (Å²) in [4.78, 5) is 12.0. The van der Waals surface area contributed by atoms with Gasteiger partial charge in [-0.25, -0.2) is 4.39 Å². The van der Waals surface area contributed by atoms with Crippen LogP contribution in [0.15, 0.2) is 52.9 Å². The first kappa shape index (κ1) is 17.7. The van der Waals surface area contributed by atoms with Crippen LogP contribution < -0.4 is 10.6 Å². The minimum Gasteiger partial charge on any atom is -0.330 e. The Morgan fingerprint density at radius 3 is 2.76 bits per heavy atom. The van der Waals surface area contributed by atoms with E-state index in [1.807, 2.05) is 30.3 Å². The van der Waals surface area contributed by atoms with E-state index in [-0.39, 0.29) is 16.7 Å². The fourth-order valence-corrected chi connectivity index (χ4v) is 3.65. The van der Waals surface area contributed by atoms with Gasteiger partial charge in [-0.3, -0.25) is 4.79 Å². The summed E-state index contributed by atoms with van der Waals surface area (Å²) >= 11 is 8.50. The Bertz CT molecular complexity index is 876. The topological polar surface area (TPSA) is 66.9 Å².